The van der Waals surface area contributed by atoms with E-state index < -0.39 is 5.91 Å². The molecule has 0 radical (unpaired) electrons. The average molecular weight is 380 g/mol. The monoisotopic (exact) mass is 380 g/mol. The molecule has 3 aromatic rings. The number of primary amides is 1. The molecule has 1 aliphatic heterocycles. The number of thioether (sulfide) groups is 1. The molecule has 1 amide bonds. The Labute approximate surface area is 161 Å². The minimum atomic E-state index is -0.515. The van der Waals surface area contributed by atoms with E-state index >= 15 is 0 Å². The number of carbonyl (C=O) groups excluding carboxylic acids is 2. The summed E-state index contributed by atoms with van der Waals surface area (Å²) in [5, 5.41) is 0.600. The van der Waals surface area contributed by atoms with Crippen molar-refractivity contribution in [1.82, 2.24) is 9.97 Å². The van der Waals surface area contributed by atoms with Crippen molar-refractivity contribution in [2.45, 2.75) is 18.0 Å². The molecule has 0 spiro atoms. The van der Waals surface area contributed by atoms with Crippen molar-refractivity contribution in [3.63, 3.8) is 0 Å². The highest BCUT2D eigenvalue weighted by Gasteiger charge is 2.16. The molecule has 1 aromatic heterocycles. The van der Waals surface area contributed by atoms with Gasteiger partial charge in [0.2, 0.25) is 0 Å². The number of nitrogens with two attached hydrogens (primary N) is 1. The fraction of sp³-hybridized carbons (Fsp3) is 0.250. The summed E-state index contributed by atoms with van der Waals surface area (Å²) in [7, 11) is 0. The van der Waals surface area contributed by atoms with Crippen LogP contribution in [0.4, 0.5) is 5.69 Å². The van der Waals surface area contributed by atoms with E-state index in [2.05, 4.69) is 20.9 Å². The molecule has 0 unspecified atom stereocenters. The first kappa shape index (κ1) is 17.6. The first-order valence-electron chi connectivity index (χ1n) is 8.91. The van der Waals surface area contributed by atoms with Gasteiger partial charge in [0.1, 0.15) is 5.52 Å². The summed E-state index contributed by atoms with van der Waals surface area (Å²) in [6, 6.07) is 13.1. The number of rotatable bonds is 6. The molecule has 4 rings (SSSR count). The summed E-state index contributed by atoms with van der Waals surface area (Å²) in [6.07, 6.45) is 2.40. The number of aromatic nitrogens is 2. The summed E-state index contributed by atoms with van der Waals surface area (Å²) in [5.74, 6) is -0.190. The second-order valence-corrected chi connectivity index (χ2v) is 7.53. The van der Waals surface area contributed by atoms with Gasteiger partial charge in [-0.15, -0.1) is 0 Å². The Morgan fingerprint density at radius 3 is 2.70 bits per heavy atom. The van der Waals surface area contributed by atoms with Crippen molar-refractivity contribution in [1.29, 1.82) is 0 Å². The normalized spacial score (nSPS) is 14.0. The van der Waals surface area contributed by atoms with Gasteiger partial charge in [-0.3, -0.25) is 9.59 Å². The maximum atomic E-state index is 12.6. The second kappa shape index (κ2) is 7.44. The van der Waals surface area contributed by atoms with Crippen LogP contribution in [-0.4, -0.2) is 40.5 Å². The molecule has 0 bridgehead atoms. The molecular weight excluding hydrogens is 360 g/mol. The Bertz CT molecular complexity index is 1010. The number of ketones is 1. The van der Waals surface area contributed by atoms with Gasteiger partial charge in [-0.2, -0.15) is 0 Å². The number of hydrogen-bond donors (Lipinski definition) is 2. The third-order valence-electron chi connectivity index (χ3n) is 4.74. The number of benzene rings is 2. The third-order valence-corrected chi connectivity index (χ3v) is 5.61. The number of anilines is 1. The minimum absolute atomic E-state index is 0.0524. The molecule has 0 aliphatic carbocycles. The number of hydrogen-bond acceptors (Lipinski definition) is 5. The molecule has 1 saturated heterocycles. The minimum Gasteiger partial charge on any atom is -0.372 e. The Hall–Kier alpha value is -2.80. The summed E-state index contributed by atoms with van der Waals surface area (Å²) >= 11 is 1.33. The molecule has 6 nitrogen and oxygen atoms in total. The number of aromatic amines is 1. The topological polar surface area (TPSA) is 92.1 Å². The van der Waals surface area contributed by atoms with Gasteiger partial charge < -0.3 is 15.6 Å². The van der Waals surface area contributed by atoms with Gasteiger partial charge in [0.25, 0.3) is 5.91 Å². The molecule has 2 aromatic carbocycles. The first-order valence-corrected chi connectivity index (χ1v) is 9.90. The summed E-state index contributed by atoms with van der Waals surface area (Å²) < 4.78 is 0. The van der Waals surface area contributed by atoms with E-state index in [-0.39, 0.29) is 11.5 Å². The predicted molar refractivity (Wildman–Crippen MR) is 108 cm³/mol. The van der Waals surface area contributed by atoms with Gasteiger partial charge in [0, 0.05) is 24.3 Å². The van der Waals surface area contributed by atoms with Crippen LogP contribution < -0.4 is 10.6 Å². The standard InChI is InChI=1S/C20H20N4O2S/c21-19(26)15-7-4-8-16-18(15)23-20(22-16)27-12-17(25)13-5-3-6-14(11-13)24-9-1-2-10-24/h3-8,11H,1-2,9-10,12H2,(H2,21,26)(H,22,23). The van der Waals surface area contributed by atoms with E-state index in [0.717, 1.165) is 24.3 Å². The molecule has 3 N–H and O–H groups in total. The maximum Gasteiger partial charge on any atom is 0.250 e. The van der Waals surface area contributed by atoms with Crippen molar-refractivity contribution >= 4 is 40.2 Å². The molecule has 0 saturated carbocycles. The summed E-state index contributed by atoms with van der Waals surface area (Å²) in [6.45, 7) is 2.10. The lowest BCUT2D eigenvalue weighted by atomic mass is 10.1. The van der Waals surface area contributed by atoms with E-state index in [1.54, 1.807) is 12.1 Å². The number of H-pyrrole nitrogens is 1. The Morgan fingerprint density at radius 2 is 1.93 bits per heavy atom. The zero-order valence-corrected chi connectivity index (χ0v) is 15.6. The van der Waals surface area contributed by atoms with Gasteiger partial charge in [-0.25, -0.2) is 4.98 Å². The smallest absolute Gasteiger partial charge is 0.250 e. The number of nitrogens with one attached hydrogen (secondary N) is 1. The second-order valence-electron chi connectivity index (χ2n) is 6.56. The Balaban J connectivity index is 1.48. The first-order chi connectivity index (χ1) is 13.1. The van der Waals surface area contributed by atoms with Gasteiger partial charge in [-0.1, -0.05) is 30.0 Å². The predicted octanol–water partition coefficient (Wildman–Crippen LogP) is 3.24. The van der Waals surface area contributed by atoms with E-state index in [1.165, 1.54) is 24.6 Å². The average Bonchev–Trinajstić information content (AvgIpc) is 3.35. The fourth-order valence-corrected chi connectivity index (χ4v) is 4.12. The van der Waals surface area contributed by atoms with Crippen LogP contribution in [0.15, 0.2) is 47.6 Å². The number of imidazole rings is 1. The third kappa shape index (κ3) is 3.68. The highest BCUT2D eigenvalue weighted by atomic mass is 32.2. The number of nitrogens with zero attached hydrogens (tertiary/aromatic N) is 2. The molecule has 0 atom stereocenters. The molecule has 2 heterocycles. The van der Waals surface area contributed by atoms with Crippen LogP contribution in [0.5, 0.6) is 0 Å². The van der Waals surface area contributed by atoms with Crippen molar-refractivity contribution in [3.8, 4) is 0 Å². The molecule has 27 heavy (non-hydrogen) atoms. The van der Waals surface area contributed by atoms with E-state index in [4.69, 9.17) is 5.73 Å². The molecule has 7 heteroatoms. The fourth-order valence-electron chi connectivity index (χ4n) is 3.35. The number of amides is 1. The van der Waals surface area contributed by atoms with Crippen molar-refractivity contribution in [2.24, 2.45) is 5.73 Å². The summed E-state index contributed by atoms with van der Waals surface area (Å²) in [5.41, 5.74) is 8.86. The maximum absolute atomic E-state index is 12.6. The van der Waals surface area contributed by atoms with Gasteiger partial charge in [0.05, 0.1) is 16.8 Å². The molecular formula is C20H20N4O2S. The molecule has 138 valence electrons. The number of carbonyl (C=O) groups is 2. The van der Waals surface area contributed by atoms with Crippen LogP contribution in [0, 0.1) is 0 Å². The van der Waals surface area contributed by atoms with E-state index in [9.17, 15) is 9.59 Å². The quantitative estimate of drug-likeness (QED) is 0.506. The number of para-hydroxylation sites is 1. The van der Waals surface area contributed by atoms with Crippen LogP contribution >= 0.6 is 11.8 Å². The number of Topliss-reactive ketones (excluding diaryl/α,β-unsaturated/α-hetero) is 1. The van der Waals surface area contributed by atoms with Crippen LogP contribution in [0.3, 0.4) is 0 Å². The zero-order valence-electron chi connectivity index (χ0n) is 14.8. The van der Waals surface area contributed by atoms with Crippen molar-refractivity contribution in [2.75, 3.05) is 23.7 Å². The SMILES string of the molecule is NC(=O)c1cccc2[nH]c(SCC(=O)c3cccc(N4CCCC4)c3)nc12. The lowest BCUT2D eigenvalue weighted by Crippen LogP contribution is -2.18. The van der Waals surface area contributed by atoms with Crippen LogP contribution in [-0.2, 0) is 0 Å². The van der Waals surface area contributed by atoms with Gasteiger partial charge in [-0.05, 0) is 37.1 Å². The highest BCUT2D eigenvalue weighted by molar-refractivity contribution is 7.99. The summed E-state index contributed by atoms with van der Waals surface area (Å²) in [4.78, 5) is 34.0. The van der Waals surface area contributed by atoms with E-state index in [1.807, 2.05) is 24.3 Å². The van der Waals surface area contributed by atoms with Crippen molar-refractivity contribution < 1.29 is 9.59 Å². The largest absolute Gasteiger partial charge is 0.372 e. The van der Waals surface area contributed by atoms with Gasteiger partial charge in [0.15, 0.2) is 10.9 Å². The van der Waals surface area contributed by atoms with Crippen LogP contribution in [0.25, 0.3) is 11.0 Å². The Kier molecular flexibility index (Phi) is 4.85. The Morgan fingerprint density at radius 1 is 1.15 bits per heavy atom. The highest BCUT2D eigenvalue weighted by Crippen LogP contribution is 2.25. The van der Waals surface area contributed by atoms with Crippen LogP contribution in [0.2, 0.25) is 0 Å². The number of fused-ring (bicyclic) bond motifs is 1. The van der Waals surface area contributed by atoms with Gasteiger partial charge >= 0.3 is 0 Å². The molecule has 1 fully saturated rings. The molecule has 1 aliphatic rings. The lowest BCUT2D eigenvalue weighted by Gasteiger charge is -2.18. The van der Waals surface area contributed by atoms with Crippen LogP contribution in [0.1, 0.15) is 33.6 Å². The lowest BCUT2D eigenvalue weighted by molar-refractivity contribution is 0.0998. The zero-order chi connectivity index (χ0) is 18.8. The van der Waals surface area contributed by atoms with Crippen molar-refractivity contribution in [3.05, 3.63) is 53.6 Å². The van der Waals surface area contributed by atoms with E-state index in [0.29, 0.717) is 21.8 Å².